The first kappa shape index (κ1) is 11.5. The third-order valence-electron chi connectivity index (χ3n) is 2.33. The van der Waals surface area contributed by atoms with Crippen molar-refractivity contribution < 1.29 is 17.6 Å². The van der Waals surface area contributed by atoms with Gasteiger partial charge in [0, 0.05) is 6.26 Å². The highest BCUT2D eigenvalue weighted by atomic mass is 32.2. The van der Waals surface area contributed by atoms with Crippen LogP contribution in [0.2, 0.25) is 0 Å². The second-order valence-electron chi connectivity index (χ2n) is 3.57. The lowest BCUT2D eigenvalue weighted by molar-refractivity contribution is 0.112. The summed E-state index contributed by atoms with van der Waals surface area (Å²) in [7, 11) is -3.40. The van der Waals surface area contributed by atoms with Gasteiger partial charge in [-0.3, -0.25) is 9.59 Å². The van der Waals surface area contributed by atoms with Crippen molar-refractivity contribution in [2.24, 2.45) is 0 Å². The minimum atomic E-state index is -3.40. The van der Waals surface area contributed by atoms with Crippen molar-refractivity contribution in [3.8, 4) is 0 Å². The number of hydrogen-bond donors (Lipinski definition) is 0. The predicted molar refractivity (Wildman–Crippen MR) is 61.0 cm³/mol. The topological polar surface area (TPSA) is 81.4 Å². The summed E-state index contributed by atoms with van der Waals surface area (Å²) in [5.74, 6) is 0. The lowest BCUT2D eigenvalue weighted by Gasteiger charge is -2.00. The zero-order valence-corrected chi connectivity index (χ0v) is 9.65. The molecule has 1 heterocycles. The summed E-state index contributed by atoms with van der Waals surface area (Å²) in [6.07, 6.45) is 2.47. The van der Waals surface area contributed by atoms with E-state index >= 15 is 0 Å². The first-order valence-electron chi connectivity index (χ1n) is 4.64. The van der Waals surface area contributed by atoms with Gasteiger partial charge in [-0.2, -0.15) is 0 Å². The fourth-order valence-electron chi connectivity index (χ4n) is 1.44. The molecule has 0 fully saturated rings. The summed E-state index contributed by atoms with van der Waals surface area (Å²) < 4.78 is 27.7. The highest BCUT2D eigenvalue weighted by Gasteiger charge is 2.11. The van der Waals surface area contributed by atoms with Crippen LogP contribution in [0.1, 0.15) is 10.4 Å². The zero-order chi connectivity index (χ0) is 12.6. The van der Waals surface area contributed by atoms with E-state index < -0.39 is 15.3 Å². The van der Waals surface area contributed by atoms with Crippen LogP contribution in [0, 0.1) is 0 Å². The quantitative estimate of drug-likeness (QED) is 0.745. The van der Waals surface area contributed by atoms with Crippen LogP contribution in [0.25, 0.3) is 11.0 Å². The molecule has 0 saturated heterocycles. The fraction of sp³-hybridized carbons (Fsp3) is 0.0909. The molecule has 6 heteroatoms. The van der Waals surface area contributed by atoms with E-state index in [0.717, 1.165) is 12.5 Å². The minimum Gasteiger partial charge on any atom is -0.463 e. The maximum absolute atomic E-state index is 11.8. The van der Waals surface area contributed by atoms with Gasteiger partial charge >= 0.3 is 0 Å². The van der Waals surface area contributed by atoms with Crippen molar-refractivity contribution >= 4 is 27.1 Å². The van der Waals surface area contributed by atoms with Gasteiger partial charge in [0.1, 0.15) is 11.8 Å². The summed E-state index contributed by atoms with van der Waals surface area (Å²) >= 11 is 0. The minimum absolute atomic E-state index is 0.0142. The Morgan fingerprint density at radius 1 is 1.29 bits per heavy atom. The van der Waals surface area contributed by atoms with Crippen molar-refractivity contribution in [2.75, 3.05) is 6.26 Å². The van der Waals surface area contributed by atoms with Gasteiger partial charge < -0.3 is 4.42 Å². The molecule has 0 saturated carbocycles. The van der Waals surface area contributed by atoms with Gasteiger partial charge in [-0.25, -0.2) is 8.42 Å². The van der Waals surface area contributed by atoms with E-state index in [4.69, 9.17) is 4.42 Å². The third-order valence-corrected chi connectivity index (χ3v) is 3.44. The maximum atomic E-state index is 11.8. The molecule has 0 aliphatic carbocycles. The molecule has 0 N–H and O–H groups in total. The van der Waals surface area contributed by atoms with Gasteiger partial charge in [0.05, 0.1) is 15.8 Å². The largest absolute Gasteiger partial charge is 0.463 e. The Labute approximate surface area is 96.6 Å². The van der Waals surface area contributed by atoms with E-state index in [-0.39, 0.29) is 21.4 Å². The molecular formula is C11H8O5S. The van der Waals surface area contributed by atoms with Gasteiger partial charge in [-0.1, -0.05) is 0 Å². The van der Waals surface area contributed by atoms with Crippen LogP contribution in [-0.2, 0) is 9.84 Å². The average Bonchev–Trinajstić information content (AvgIpc) is 2.28. The second kappa shape index (κ2) is 3.81. The van der Waals surface area contributed by atoms with Crippen molar-refractivity contribution in [1.82, 2.24) is 0 Å². The van der Waals surface area contributed by atoms with Crippen LogP contribution < -0.4 is 5.43 Å². The zero-order valence-electron chi connectivity index (χ0n) is 8.84. The standard InChI is InChI=1S/C11H8O5S/c1-17(14,15)8-2-3-10-9(4-8)11(13)7(5-12)6-16-10/h2-6H,1H3. The molecule has 2 aromatic rings. The van der Waals surface area contributed by atoms with Crippen molar-refractivity contribution in [1.29, 1.82) is 0 Å². The van der Waals surface area contributed by atoms with E-state index in [1.165, 1.54) is 18.2 Å². The van der Waals surface area contributed by atoms with Crippen LogP contribution in [0.5, 0.6) is 0 Å². The number of benzene rings is 1. The molecular weight excluding hydrogens is 244 g/mol. The van der Waals surface area contributed by atoms with Crippen LogP contribution in [0.15, 0.2) is 38.6 Å². The van der Waals surface area contributed by atoms with Gasteiger partial charge in [0.25, 0.3) is 0 Å². The molecule has 1 aromatic carbocycles. The lowest BCUT2D eigenvalue weighted by Crippen LogP contribution is -2.08. The Kier molecular flexibility index (Phi) is 2.59. The van der Waals surface area contributed by atoms with Crippen molar-refractivity contribution in [3.05, 3.63) is 40.2 Å². The van der Waals surface area contributed by atoms with Crippen LogP contribution in [0.3, 0.4) is 0 Å². The van der Waals surface area contributed by atoms with E-state index in [1.54, 1.807) is 0 Å². The van der Waals surface area contributed by atoms with Crippen LogP contribution >= 0.6 is 0 Å². The molecule has 5 nitrogen and oxygen atoms in total. The number of hydrogen-bond acceptors (Lipinski definition) is 5. The molecule has 1 aromatic heterocycles. The molecule has 0 radical (unpaired) electrons. The normalized spacial score (nSPS) is 11.6. The molecule has 0 bridgehead atoms. The molecule has 88 valence electrons. The molecule has 0 spiro atoms. The molecule has 0 aliphatic rings. The summed E-state index contributed by atoms with van der Waals surface area (Å²) in [6.45, 7) is 0. The fourth-order valence-corrected chi connectivity index (χ4v) is 2.08. The van der Waals surface area contributed by atoms with Gasteiger partial charge in [-0.05, 0) is 18.2 Å². The number of aldehydes is 1. The lowest BCUT2D eigenvalue weighted by atomic mass is 10.2. The summed E-state index contributed by atoms with van der Waals surface area (Å²) in [6, 6.07) is 3.95. The van der Waals surface area contributed by atoms with Crippen molar-refractivity contribution in [2.45, 2.75) is 4.90 Å². The number of carbonyl (C=O) groups is 1. The second-order valence-corrected chi connectivity index (χ2v) is 5.58. The Bertz CT molecular complexity index is 755. The number of fused-ring (bicyclic) bond motifs is 1. The van der Waals surface area contributed by atoms with Crippen LogP contribution in [-0.4, -0.2) is 21.0 Å². The van der Waals surface area contributed by atoms with Gasteiger partial charge in [0.15, 0.2) is 16.1 Å². The van der Waals surface area contributed by atoms with E-state index in [1.807, 2.05) is 0 Å². The molecule has 0 unspecified atom stereocenters. The van der Waals surface area contributed by atoms with Gasteiger partial charge in [-0.15, -0.1) is 0 Å². The first-order valence-corrected chi connectivity index (χ1v) is 6.53. The Morgan fingerprint density at radius 3 is 2.59 bits per heavy atom. The first-order chi connectivity index (χ1) is 7.93. The molecule has 0 aliphatic heterocycles. The summed E-state index contributed by atoms with van der Waals surface area (Å²) in [5.41, 5.74) is -0.428. The SMILES string of the molecule is CS(=O)(=O)c1ccc2occ(C=O)c(=O)c2c1. The number of carbonyl (C=O) groups excluding carboxylic acids is 1. The average molecular weight is 252 g/mol. The predicted octanol–water partition coefficient (Wildman–Crippen LogP) is 1.01. The molecule has 0 atom stereocenters. The van der Waals surface area contributed by atoms with E-state index in [0.29, 0.717) is 6.29 Å². The molecule has 17 heavy (non-hydrogen) atoms. The monoisotopic (exact) mass is 252 g/mol. The maximum Gasteiger partial charge on any atom is 0.203 e. The molecule has 2 rings (SSSR count). The smallest absolute Gasteiger partial charge is 0.203 e. The summed E-state index contributed by atoms with van der Waals surface area (Å²) in [5, 5.41) is 0.0810. The Balaban J connectivity index is 2.89. The van der Waals surface area contributed by atoms with E-state index in [2.05, 4.69) is 0 Å². The Hall–Kier alpha value is -1.95. The van der Waals surface area contributed by atoms with Crippen LogP contribution in [0.4, 0.5) is 0 Å². The number of rotatable bonds is 2. The van der Waals surface area contributed by atoms with E-state index in [9.17, 15) is 18.0 Å². The third kappa shape index (κ3) is 1.99. The van der Waals surface area contributed by atoms with Crippen molar-refractivity contribution in [3.63, 3.8) is 0 Å². The highest BCUT2D eigenvalue weighted by Crippen LogP contribution is 2.16. The highest BCUT2D eigenvalue weighted by molar-refractivity contribution is 7.90. The molecule has 0 amide bonds. The van der Waals surface area contributed by atoms with Gasteiger partial charge in [0.2, 0.25) is 5.43 Å². The Morgan fingerprint density at radius 2 is 2.00 bits per heavy atom. The number of sulfone groups is 1. The summed E-state index contributed by atoms with van der Waals surface area (Å²) in [4.78, 5) is 22.3.